The van der Waals surface area contributed by atoms with Crippen molar-refractivity contribution in [2.45, 2.75) is 25.8 Å². The van der Waals surface area contributed by atoms with Gasteiger partial charge in [-0.25, -0.2) is 9.07 Å². The average Bonchev–Trinajstić information content (AvgIpc) is 2.81. The number of aliphatic carboxylic acids is 1. The highest BCUT2D eigenvalue weighted by Crippen LogP contribution is 2.42. The highest BCUT2D eigenvalue weighted by Gasteiger charge is 2.45. The second-order valence-corrected chi connectivity index (χ2v) is 4.99. The van der Waals surface area contributed by atoms with Gasteiger partial charge in [-0.1, -0.05) is 6.42 Å². The van der Waals surface area contributed by atoms with Gasteiger partial charge in [-0.15, -0.1) is 5.10 Å². The van der Waals surface area contributed by atoms with Crippen molar-refractivity contribution in [3.8, 4) is 11.4 Å². The first kappa shape index (κ1) is 12.6. The van der Waals surface area contributed by atoms with Gasteiger partial charge in [-0.2, -0.15) is 0 Å². The van der Waals surface area contributed by atoms with Crippen molar-refractivity contribution in [1.82, 2.24) is 25.2 Å². The van der Waals surface area contributed by atoms with Crippen LogP contribution in [0.25, 0.3) is 11.4 Å². The third-order valence-corrected chi connectivity index (χ3v) is 3.71. The lowest BCUT2D eigenvalue weighted by Crippen LogP contribution is -2.42. The molecule has 20 heavy (non-hydrogen) atoms. The van der Waals surface area contributed by atoms with Crippen molar-refractivity contribution >= 4 is 5.97 Å². The smallest absolute Gasteiger partial charge is 0.311 e. The number of hydrogen-bond acceptors (Lipinski definition) is 5. The molecule has 0 unspecified atom stereocenters. The van der Waals surface area contributed by atoms with E-state index >= 15 is 0 Å². The molecule has 2 aromatic rings. The SMILES string of the molecule is O=C(O)C1(Cn2nnnc2-c2cncc(F)c2)CCC1. The van der Waals surface area contributed by atoms with Crippen molar-refractivity contribution < 1.29 is 14.3 Å². The van der Waals surface area contributed by atoms with Gasteiger partial charge in [0.15, 0.2) is 5.82 Å². The monoisotopic (exact) mass is 277 g/mol. The molecule has 1 aliphatic carbocycles. The van der Waals surface area contributed by atoms with Crippen LogP contribution < -0.4 is 0 Å². The van der Waals surface area contributed by atoms with Crippen LogP contribution in [-0.4, -0.2) is 36.3 Å². The van der Waals surface area contributed by atoms with Gasteiger partial charge in [0.05, 0.1) is 18.2 Å². The molecule has 0 amide bonds. The maximum absolute atomic E-state index is 13.2. The Balaban J connectivity index is 1.93. The first-order chi connectivity index (χ1) is 9.61. The number of carboxylic acid groups (broad SMARTS) is 1. The summed E-state index contributed by atoms with van der Waals surface area (Å²) in [5, 5.41) is 20.5. The van der Waals surface area contributed by atoms with E-state index < -0.39 is 17.2 Å². The number of aromatic nitrogens is 5. The summed E-state index contributed by atoms with van der Waals surface area (Å²) < 4.78 is 14.6. The van der Waals surface area contributed by atoms with Crippen molar-refractivity contribution in [3.63, 3.8) is 0 Å². The molecule has 2 heterocycles. The molecule has 8 heteroatoms. The van der Waals surface area contributed by atoms with E-state index in [-0.39, 0.29) is 6.54 Å². The summed E-state index contributed by atoms with van der Waals surface area (Å²) in [5.74, 6) is -1.01. The topological polar surface area (TPSA) is 93.8 Å². The molecule has 0 aromatic carbocycles. The van der Waals surface area contributed by atoms with E-state index in [0.717, 1.165) is 12.6 Å². The van der Waals surface area contributed by atoms with Crippen LogP contribution in [0.15, 0.2) is 18.5 Å². The van der Waals surface area contributed by atoms with Crippen LogP contribution >= 0.6 is 0 Å². The Morgan fingerprint density at radius 2 is 2.25 bits per heavy atom. The Kier molecular flexibility index (Phi) is 2.92. The summed E-state index contributed by atoms with van der Waals surface area (Å²) in [7, 11) is 0. The molecule has 1 fully saturated rings. The fourth-order valence-corrected chi connectivity index (χ4v) is 2.38. The van der Waals surface area contributed by atoms with Gasteiger partial charge in [0.2, 0.25) is 0 Å². The Labute approximate surface area is 113 Å². The summed E-state index contributed by atoms with van der Waals surface area (Å²) in [6, 6.07) is 1.27. The predicted octanol–water partition coefficient (Wildman–Crippen LogP) is 1.13. The normalized spacial score (nSPS) is 16.6. The summed E-state index contributed by atoms with van der Waals surface area (Å²) >= 11 is 0. The number of pyridine rings is 1. The largest absolute Gasteiger partial charge is 0.481 e. The number of carbonyl (C=O) groups is 1. The highest BCUT2D eigenvalue weighted by molar-refractivity contribution is 5.75. The van der Waals surface area contributed by atoms with Crippen LogP contribution in [0.4, 0.5) is 4.39 Å². The molecular weight excluding hydrogens is 265 g/mol. The number of nitrogens with zero attached hydrogens (tertiary/aromatic N) is 5. The minimum absolute atomic E-state index is 0.182. The standard InChI is InChI=1S/C12H12FN5O2/c13-9-4-8(5-14-6-9)10-15-16-17-18(10)7-12(11(19)20)2-1-3-12/h4-6H,1-3,7H2,(H,19,20). The first-order valence-corrected chi connectivity index (χ1v) is 6.21. The van der Waals surface area contributed by atoms with Gasteiger partial charge in [-0.3, -0.25) is 9.78 Å². The van der Waals surface area contributed by atoms with Crippen LogP contribution in [0.3, 0.4) is 0 Å². The predicted molar refractivity (Wildman–Crippen MR) is 64.9 cm³/mol. The molecule has 0 aliphatic heterocycles. The average molecular weight is 277 g/mol. The van der Waals surface area contributed by atoms with Crippen LogP contribution in [0.5, 0.6) is 0 Å². The van der Waals surface area contributed by atoms with Crippen LogP contribution in [0.2, 0.25) is 0 Å². The number of halogens is 1. The third-order valence-electron chi connectivity index (χ3n) is 3.71. The van der Waals surface area contributed by atoms with Crippen molar-refractivity contribution in [2.24, 2.45) is 5.41 Å². The lowest BCUT2D eigenvalue weighted by Gasteiger charge is -2.37. The van der Waals surface area contributed by atoms with E-state index in [0.29, 0.717) is 24.2 Å². The minimum atomic E-state index is -0.845. The number of tetrazole rings is 1. The second-order valence-electron chi connectivity index (χ2n) is 4.99. The number of carboxylic acids is 1. The van der Waals surface area contributed by atoms with Gasteiger partial charge in [0.1, 0.15) is 5.82 Å². The zero-order chi connectivity index (χ0) is 14.2. The molecule has 3 rings (SSSR count). The summed E-state index contributed by atoms with van der Waals surface area (Å²) in [6.07, 6.45) is 4.61. The molecule has 1 aliphatic rings. The van der Waals surface area contributed by atoms with Gasteiger partial charge < -0.3 is 5.11 Å². The van der Waals surface area contributed by atoms with Crippen LogP contribution in [-0.2, 0) is 11.3 Å². The van der Waals surface area contributed by atoms with E-state index in [1.165, 1.54) is 16.9 Å². The molecule has 0 radical (unpaired) electrons. The maximum Gasteiger partial charge on any atom is 0.311 e. The highest BCUT2D eigenvalue weighted by atomic mass is 19.1. The van der Waals surface area contributed by atoms with Crippen molar-refractivity contribution in [1.29, 1.82) is 0 Å². The van der Waals surface area contributed by atoms with E-state index in [4.69, 9.17) is 0 Å². The van der Waals surface area contributed by atoms with E-state index in [2.05, 4.69) is 20.5 Å². The molecule has 0 atom stereocenters. The molecule has 1 N–H and O–H groups in total. The van der Waals surface area contributed by atoms with Gasteiger partial charge in [0, 0.05) is 11.8 Å². The lowest BCUT2D eigenvalue weighted by molar-refractivity contribution is -0.156. The maximum atomic E-state index is 13.2. The molecule has 104 valence electrons. The van der Waals surface area contributed by atoms with Crippen LogP contribution in [0.1, 0.15) is 19.3 Å². The fraction of sp³-hybridized carbons (Fsp3) is 0.417. The van der Waals surface area contributed by atoms with Gasteiger partial charge in [-0.05, 0) is 29.3 Å². The minimum Gasteiger partial charge on any atom is -0.481 e. The zero-order valence-corrected chi connectivity index (χ0v) is 10.5. The van der Waals surface area contributed by atoms with Gasteiger partial charge >= 0.3 is 5.97 Å². The Hall–Kier alpha value is -2.38. The lowest BCUT2D eigenvalue weighted by atomic mass is 9.69. The summed E-state index contributed by atoms with van der Waals surface area (Å²) in [6.45, 7) is 0.182. The number of rotatable bonds is 4. The summed E-state index contributed by atoms with van der Waals surface area (Å²) in [5.41, 5.74) is -0.389. The fourth-order valence-electron chi connectivity index (χ4n) is 2.38. The van der Waals surface area contributed by atoms with E-state index in [1.807, 2.05) is 0 Å². The van der Waals surface area contributed by atoms with E-state index in [9.17, 15) is 14.3 Å². The first-order valence-electron chi connectivity index (χ1n) is 6.21. The second kappa shape index (κ2) is 4.62. The van der Waals surface area contributed by atoms with Crippen molar-refractivity contribution in [3.05, 3.63) is 24.3 Å². The molecular formula is C12H12FN5O2. The van der Waals surface area contributed by atoms with Gasteiger partial charge in [0.25, 0.3) is 0 Å². The third kappa shape index (κ3) is 2.02. The Morgan fingerprint density at radius 3 is 2.85 bits per heavy atom. The molecule has 0 bridgehead atoms. The summed E-state index contributed by atoms with van der Waals surface area (Å²) in [4.78, 5) is 15.1. The number of hydrogen-bond donors (Lipinski definition) is 1. The quantitative estimate of drug-likeness (QED) is 0.900. The molecule has 2 aromatic heterocycles. The molecule has 0 spiro atoms. The Bertz CT molecular complexity index is 653. The van der Waals surface area contributed by atoms with Crippen molar-refractivity contribution in [2.75, 3.05) is 0 Å². The molecule has 7 nitrogen and oxygen atoms in total. The molecule has 0 saturated heterocycles. The zero-order valence-electron chi connectivity index (χ0n) is 10.5. The van der Waals surface area contributed by atoms with Crippen LogP contribution in [0, 0.1) is 11.2 Å². The Morgan fingerprint density at radius 1 is 1.45 bits per heavy atom. The van der Waals surface area contributed by atoms with E-state index in [1.54, 1.807) is 0 Å². The molecule has 1 saturated carbocycles.